The third-order valence-corrected chi connectivity index (χ3v) is 3.99. The molecule has 3 aromatic rings. The fourth-order valence-electron chi connectivity index (χ4n) is 2.52. The fraction of sp³-hybridized carbons (Fsp3) is 0.167. The van der Waals surface area contributed by atoms with Crippen molar-refractivity contribution in [2.75, 3.05) is 5.32 Å². The fourth-order valence-corrected chi connectivity index (χ4v) is 2.68. The van der Waals surface area contributed by atoms with Crippen molar-refractivity contribution in [3.05, 3.63) is 77.1 Å². The maximum atomic E-state index is 13.5. The van der Waals surface area contributed by atoms with E-state index in [1.54, 1.807) is 18.2 Å². The molecular formula is C24H24ClF2N3. The summed E-state index contributed by atoms with van der Waals surface area (Å²) in [5, 5.41) is 4.31. The SMILES string of the molecule is C#C.C/C=C\C(=C/C)c1nc(Nc2ccc(F)c(F)c2)c2ccc(Cl)cc2n1.CC. The van der Waals surface area contributed by atoms with Gasteiger partial charge in [-0.25, -0.2) is 18.7 Å². The third kappa shape index (κ3) is 6.13. The van der Waals surface area contributed by atoms with E-state index < -0.39 is 11.6 Å². The van der Waals surface area contributed by atoms with Crippen LogP contribution in [-0.2, 0) is 0 Å². The average molecular weight is 428 g/mol. The Kier molecular flexibility index (Phi) is 10.2. The van der Waals surface area contributed by atoms with E-state index in [2.05, 4.69) is 28.1 Å². The molecule has 0 saturated heterocycles. The molecule has 0 bridgehead atoms. The Morgan fingerprint density at radius 1 is 1.00 bits per heavy atom. The van der Waals surface area contributed by atoms with Crippen LogP contribution in [-0.4, -0.2) is 9.97 Å². The van der Waals surface area contributed by atoms with E-state index in [0.717, 1.165) is 23.1 Å². The van der Waals surface area contributed by atoms with Crippen molar-refractivity contribution in [1.29, 1.82) is 0 Å². The van der Waals surface area contributed by atoms with Crippen LogP contribution in [0.1, 0.15) is 33.5 Å². The normalized spacial score (nSPS) is 10.8. The summed E-state index contributed by atoms with van der Waals surface area (Å²) in [5.74, 6) is -0.846. The number of fused-ring (bicyclic) bond motifs is 1. The maximum Gasteiger partial charge on any atom is 0.161 e. The summed E-state index contributed by atoms with van der Waals surface area (Å²) >= 11 is 6.10. The largest absolute Gasteiger partial charge is 0.340 e. The molecule has 0 saturated carbocycles. The van der Waals surface area contributed by atoms with Crippen LogP contribution in [0.3, 0.4) is 0 Å². The molecule has 1 heterocycles. The standard InChI is InChI=1S/C20H16ClF2N3.C2H6.C2H2/c1-3-5-12(4-2)19-25-18-10-13(21)6-8-15(18)20(26-19)24-14-7-9-16(22)17(23)11-14;2*1-2/h3-11H,1-2H3,(H,24,25,26);1-2H3;1-2H/b5-3-,12-4+;;. The Morgan fingerprint density at radius 3 is 2.30 bits per heavy atom. The summed E-state index contributed by atoms with van der Waals surface area (Å²) in [4.78, 5) is 9.14. The first-order valence-corrected chi connectivity index (χ1v) is 9.71. The highest BCUT2D eigenvalue weighted by Gasteiger charge is 2.12. The van der Waals surface area contributed by atoms with Crippen molar-refractivity contribution in [3.8, 4) is 12.8 Å². The minimum Gasteiger partial charge on any atom is -0.340 e. The van der Waals surface area contributed by atoms with E-state index in [0.29, 0.717) is 27.9 Å². The number of benzene rings is 2. The zero-order valence-electron chi connectivity index (χ0n) is 17.4. The number of anilines is 2. The minimum atomic E-state index is -0.931. The van der Waals surface area contributed by atoms with E-state index in [4.69, 9.17) is 11.6 Å². The second-order valence-corrected chi connectivity index (χ2v) is 5.99. The molecule has 1 aromatic heterocycles. The van der Waals surface area contributed by atoms with Crippen molar-refractivity contribution in [1.82, 2.24) is 9.97 Å². The van der Waals surface area contributed by atoms with Gasteiger partial charge in [0.2, 0.25) is 0 Å². The number of hydrogen-bond acceptors (Lipinski definition) is 3. The molecule has 0 amide bonds. The molecule has 3 nitrogen and oxygen atoms in total. The number of hydrogen-bond donors (Lipinski definition) is 1. The Bertz CT molecular complexity index is 1070. The quantitative estimate of drug-likeness (QED) is 0.344. The van der Waals surface area contributed by atoms with Crippen LogP contribution in [0.25, 0.3) is 16.5 Å². The van der Waals surface area contributed by atoms with Gasteiger partial charge in [-0.05, 0) is 44.2 Å². The van der Waals surface area contributed by atoms with Gasteiger partial charge in [-0.15, -0.1) is 12.8 Å². The Hall–Kier alpha value is -3.23. The molecule has 30 heavy (non-hydrogen) atoms. The summed E-state index contributed by atoms with van der Waals surface area (Å²) in [6, 6.07) is 8.85. The van der Waals surface area contributed by atoms with Crippen LogP contribution in [0, 0.1) is 24.5 Å². The Balaban J connectivity index is 0.00000106. The van der Waals surface area contributed by atoms with Gasteiger partial charge in [0.15, 0.2) is 17.5 Å². The van der Waals surface area contributed by atoms with E-state index in [-0.39, 0.29) is 0 Å². The topological polar surface area (TPSA) is 37.8 Å². The zero-order valence-corrected chi connectivity index (χ0v) is 18.1. The maximum absolute atomic E-state index is 13.5. The van der Waals surface area contributed by atoms with E-state index in [9.17, 15) is 8.78 Å². The number of nitrogens with one attached hydrogen (secondary N) is 1. The van der Waals surface area contributed by atoms with Gasteiger partial charge in [0, 0.05) is 27.7 Å². The summed E-state index contributed by atoms with van der Waals surface area (Å²) < 4.78 is 26.7. The van der Waals surface area contributed by atoms with Crippen LogP contribution < -0.4 is 5.32 Å². The van der Waals surface area contributed by atoms with Crippen molar-refractivity contribution >= 4 is 39.6 Å². The summed E-state index contributed by atoms with van der Waals surface area (Å²) in [5.41, 5.74) is 1.87. The average Bonchev–Trinajstić information content (AvgIpc) is 2.77. The number of rotatable bonds is 4. The molecule has 6 heteroatoms. The zero-order chi connectivity index (χ0) is 22.7. The van der Waals surface area contributed by atoms with Crippen molar-refractivity contribution in [2.24, 2.45) is 0 Å². The lowest BCUT2D eigenvalue weighted by molar-refractivity contribution is 0.509. The molecule has 156 valence electrons. The number of allylic oxidation sites excluding steroid dienone is 4. The van der Waals surface area contributed by atoms with Crippen LogP contribution in [0.5, 0.6) is 0 Å². The van der Waals surface area contributed by atoms with Gasteiger partial charge in [0.1, 0.15) is 5.82 Å². The van der Waals surface area contributed by atoms with E-state index >= 15 is 0 Å². The summed E-state index contributed by atoms with van der Waals surface area (Å²) in [6.07, 6.45) is 13.7. The van der Waals surface area contributed by atoms with Crippen molar-refractivity contribution in [3.63, 3.8) is 0 Å². The molecule has 0 aliphatic rings. The highest BCUT2D eigenvalue weighted by molar-refractivity contribution is 6.31. The number of aromatic nitrogens is 2. The highest BCUT2D eigenvalue weighted by atomic mass is 35.5. The minimum absolute atomic E-state index is 0.387. The lowest BCUT2D eigenvalue weighted by Gasteiger charge is -2.12. The monoisotopic (exact) mass is 427 g/mol. The molecule has 0 unspecified atom stereocenters. The van der Waals surface area contributed by atoms with E-state index in [1.807, 2.05) is 45.9 Å². The van der Waals surface area contributed by atoms with Crippen molar-refractivity contribution in [2.45, 2.75) is 27.7 Å². The van der Waals surface area contributed by atoms with Gasteiger partial charge in [0.05, 0.1) is 5.52 Å². The van der Waals surface area contributed by atoms with Crippen LogP contribution in [0.15, 0.2) is 54.6 Å². The second-order valence-electron chi connectivity index (χ2n) is 5.56. The molecule has 0 aliphatic heterocycles. The second kappa shape index (κ2) is 12.4. The predicted molar refractivity (Wildman–Crippen MR) is 124 cm³/mol. The molecule has 0 atom stereocenters. The molecule has 0 radical (unpaired) electrons. The van der Waals surface area contributed by atoms with Gasteiger partial charge in [-0.1, -0.05) is 43.7 Å². The van der Waals surface area contributed by atoms with Gasteiger partial charge in [-0.3, -0.25) is 0 Å². The number of nitrogens with zero attached hydrogens (tertiary/aromatic N) is 2. The number of halogens is 3. The number of terminal acetylenes is 1. The van der Waals surface area contributed by atoms with Gasteiger partial charge < -0.3 is 5.32 Å². The molecule has 3 rings (SSSR count). The first kappa shape index (κ1) is 24.8. The molecular weight excluding hydrogens is 404 g/mol. The summed E-state index contributed by atoms with van der Waals surface area (Å²) in [7, 11) is 0. The predicted octanol–water partition coefficient (Wildman–Crippen LogP) is 7.56. The highest BCUT2D eigenvalue weighted by Crippen LogP contribution is 2.28. The Morgan fingerprint density at radius 2 is 1.70 bits per heavy atom. The van der Waals surface area contributed by atoms with Gasteiger partial charge in [-0.2, -0.15) is 0 Å². The molecule has 1 N–H and O–H groups in total. The molecule has 0 aliphatic carbocycles. The molecule has 0 fully saturated rings. The van der Waals surface area contributed by atoms with Crippen molar-refractivity contribution < 1.29 is 8.78 Å². The Labute approximate surface area is 181 Å². The smallest absolute Gasteiger partial charge is 0.161 e. The summed E-state index contributed by atoms with van der Waals surface area (Å²) in [6.45, 7) is 7.80. The molecule has 2 aromatic carbocycles. The lowest BCUT2D eigenvalue weighted by Crippen LogP contribution is -2.02. The third-order valence-electron chi connectivity index (χ3n) is 3.76. The van der Waals surface area contributed by atoms with Crippen LogP contribution in [0.4, 0.5) is 20.3 Å². The van der Waals surface area contributed by atoms with Crippen LogP contribution >= 0.6 is 11.6 Å². The van der Waals surface area contributed by atoms with Gasteiger partial charge >= 0.3 is 0 Å². The van der Waals surface area contributed by atoms with E-state index in [1.165, 1.54) is 6.07 Å². The van der Waals surface area contributed by atoms with Crippen LogP contribution in [0.2, 0.25) is 5.02 Å². The molecule has 0 spiro atoms. The first-order valence-electron chi connectivity index (χ1n) is 9.34. The van der Waals surface area contributed by atoms with Gasteiger partial charge in [0.25, 0.3) is 0 Å². The first-order chi connectivity index (χ1) is 14.5. The lowest BCUT2D eigenvalue weighted by atomic mass is 10.1.